The Morgan fingerprint density at radius 2 is 1.65 bits per heavy atom. The van der Waals surface area contributed by atoms with Crippen LogP contribution in [0.5, 0.6) is 0 Å². The summed E-state index contributed by atoms with van der Waals surface area (Å²) in [6.07, 6.45) is 1.76. The van der Waals surface area contributed by atoms with Gasteiger partial charge in [0.1, 0.15) is 23.5 Å². The molecule has 1 aliphatic carbocycles. The van der Waals surface area contributed by atoms with Gasteiger partial charge in [-0.3, -0.25) is 8.98 Å². The van der Waals surface area contributed by atoms with Crippen LogP contribution in [0.25, 0.3) is 11.6 Å². The van der Waals surface area contributed by atoms with E-state index in [-0.39, 0.29) is 11.4 Å². The largest absolute Gasteiger partial charge is 0.726 e. The maximum absolute atomic E-state index is 13.5. The van der Waals surface area contributed by atoms with Gasteiger partial charge in [0.2, 0.25) is 15.5 Å². The van der Waals surface area contributed by atoms with Crippen LogP contribution in [-0.4, -0.2) is 89.7 Å². The molecule has 0 spiro atoms. The highest BCUT2D eigenvalue weighted by Gasteiger charge is 2.34. The third kappa shape index (κ3) is 8.08. The third-order valence-corrected chi connectivity index (χ3v) is 8.68. The van der Waals surface area contributed by atoms with Crippen molar-refractivity contribution in [2.24, 2.45) is 10.2 Å². The van der Waals surface area contributed by atoms with E-state index in [4.69, 9.17) is 4.98 Å². The molecule has 46 heavy (non-hydrogen) atoms. The summed E-state index contributed by atoms with van der Waals surface area (Å²) in [6.45, 7) is 3.50. The Labute approximate surface area is 272 Å². The van der Waals surface area contributed by atoms with Gasteiger partial charge in [0.25, 0.3) is 0 Å². The fourth-order valence-corrected chi connectivity index (χ4v) is 5.64. The molecule has 15 heteroatoms. The summed E-state index contributed by atoms with van der Waals surface area (Å²) >= 11 is 1.33. The minimum absolute atomic E-state index is 0.0891. The zero-order valence-corrected chi connectivity index (χ0v) is 27.6. The molecule has 13 nitrogen and oxygen atoms in total. The van der Waals surface area contributed by atoms with E-state index in [9.17, 15) is 28.3 Å². The van der Waals surface area contributed by atoms with Gasteiger partial charge in [-0.2, -0.15) is 15.5 Å². The standard InChI is InChI=1S/C30H29N8OS.CH4O4S/c1-36(2)22-11-9-21(10-12-22)34-35-30-33-29(37-13-15-38(3,4)16-14-37)26(40-30)17-25-27(20(18-31)19-32)23-7-5-6-8-24(23)28(25)39;1-5-6(2,3)4/h5-12,17H,13-16H2,1-4H3;1H3,(H,2,3,4)/q+1;/p-1/b25-17-,35-34+;. The predicted octanol–water partition coefficient (Wildman–Crippen LogP) is 4.69. The molecule has 2 aliphatic rings. The molecule has 238 valence electrons. The van der Waals surface area contributed by atoms with E-state index >= 15 is 0 Å². The summed E-state index contributed by atoms with van der Waals surface area (Å²) in [5.41, 5.74) is 3.45. The van der Waals surface area contributed by atoms with Gasteiger partial charge in [0.15, 0.2) is 5.78 Å². The maximum atomic E-state index is 13.5. The molecule has 0 atom stereocenters. The Morgan fingerprint density at radius 1 is 1.07 bits per heavy atom. The van der Waals surface area contributed by atoms with Crippen LogP contribution in [0.15, 0.2) is 69.9 Å². The van der Waals surface area contributed by atoms with E-state index in [0.29, 0.717) is 33.1 Å². The van der Waals surface area contributed by atoms with Gasteiger partial charge in [-0.25, -0.2) is 8.42 Å². The van der Waals surface area contributed by atoms with Crippen LogP contribution in [0.1, 0.15) is 20.8 Å². The first-order chi connectivity index (χ1) is 21.8. The molecule has 1 saturated heterocycles. The van der Waals surface area contributed by atoms with Gasteiger partial charge in [0, 0.05) is 36.5 Å². The Hall–Kier alpha value is -4.77. The summed E-state index contributed by atoms with van der Waals surface area (Å²) in [6, 6.07) is 18.8. The Bertz CT molecular complexity index is 1890. The number of benzene rings is 2. The number of hydrogen-bond acceptors (Lipinski definition) is 13. The zero-order chi connectivity index (χ0) is 33.6. The van der Waals surface area contributed by atoms with Crippen LogP contribution in [0.4, 0.5) is 22.3 Å². The molecule has 0 amide bonds. The van der Waals surface area contributed by atoms with E-state index in [1.54, 1.807) is 30.3 Å². The molecule has 0 saturated carbocycles. The predicted molar refractivity (Wildman–Crippen MR) is 175 cm³/mol. The first kappa shape index (κ1) is 34.1. The van der Waals surface area contributed by atoms with Gasteiger partial charge >= 0.3 is 0 Å². The monoisotopic (exact) mass is 660 g/mol. The summed E-state index contributed by atoms with van der Waals surface area (Å²) in [7, 11) is 4.77. The number of nitriles is 2. The Morgan fingerprint density at radius 3 is 2.20 bits per heavy atom. The molecular weight excluding hydrogens is 629 g/mol. The number of hydrogen-bond donors (Lipinski definition) is 0. The van der Waals surface area contributed by atoms with E-state index in [0.717, 1.165) is 54.2 Å². The third-order valence-electron chi connectivity index (χ3n) is 7.40. The van der Waals surface area contributed by atoms with Crippen molar-refractivity contribution >= 4 is 61.5 Å². The second kappa shape index (κ2) is 14.1. The van der Waals surface area contributed by atoms with Crippen molar-refractivity contribution in [3.05, 3.63) is 75.7 Å². The number of carbonyl (C=O) groups excluding carboxylic acids is 1. The number of thiazole rings is 1. The normalized spacial score (nSPS) is 16.4. The smallest absolute Gasteiger partial charge is 0.232 e. The summed E-state index contributed by atoms with van der Waals surface area (Å²) in [5, 5.41) is 28.7. The summed E-state index contributed by atoms with van der Waals surface area (Å²) < 4.78 is 31.9. The highest BCUT2D eigenvalue weighted by molar-refractivity contribution is 7.80. The second-order valence-electron chi connectivity index (χ2n) is 11.1. The van der Waals surface area contributed by atoms with Crippen molar-refractivity contribution < 1.29 is 26.4 Å². The average molecular weight is 661 g/mol. The lowest BCUT2D eigenvalue weighted by Gasteiger charge is -2.39. The first-order valence-electron chi connectivity index (χ1n) is 14.0. The van der Waals surface area contributed by atoms with Crippen molar-refractivity contribution in [1.82, 2.24) is 4.98 Å². The molecule has 0 radical (unpaired) electrons. The van der Waals surface area contributed by atoms with E-state index < -0.39 is 10.4 Å². The zero-order valence-electron chi connectivity index (χ0n) is 26.0. The van der Waals surface area contributed by atoms with Gasteiger partial charge in [-0.1, -0.05) is 35.6 Å². The molecule has 1 aromatic heterocycles. The highest BCUT2D eigenvalue weighted by Crippen LogP contribution is 2.42. The SMILES string of the molecule is CN(C)c1ccc(/N=N/c2nc(N3CC[N+](C)(C)CC3)c(/C=C3\C(=O)c4ccccc4C3=C(C#N)C#N)s2)cc1.COS(=O)(=O)[O-]. The molecule has 2 heterocycles. The Balaban J connectivity index is 0.000000731. The molecule has 1 fully saturated rings. The number of piperazine rings is 1. The molecule has 2 aromatic carbocycles. The highest BCUT2D eigenvalue weighted by atomic mass is 32.3. The minimum Gasteiger partial charge on any atom is -0.726 e. The average Bonchev–Trinajstić information content (AvgIpc) is 3.55. The minimum atomic E-state index is -4.41. The maximum Gasteiger partial charge on any atom is 0.232 e. The molecule has 3 aromatic rings. The number of azo groups is 1. The summed E-state index contributed by atoms with van der Waals surface area (Å²) in [5.74, 6) is 0.515. The number of fused-ring (bicyclic) bond motifs is 1. The number of nitrogens with zero attached hydrogens (tertiary/aromatic N) is 8. The number of aromatic nitrogens is 1. The topological polar surface area (TPSA) is 175 Å². The number of allylic oxidation sites excluding steroid dienone is 3. The van der Waals surface area contributed by atoms with Gasteiger partial charge in [0.05, 0.1) is 57.9 Å². The fourth-order valence-electron chi connectivity index (χ4n) is 4.79. The lowest BCUT2D eigenvalue weighted by Crippen LogP contribution is -2.55. The van der Waals surface area contributed by atoms with E-state index in [1.807, 2.05) is 55.4 Å². The molecule has 0 N–H and O–H groups in total. The molecule has 0 bridgehead atoms. The van der Waals surface area contributed by atoms with Crippen LogP contribution in [0.2, 0.25) is 0 Å². The van der Waals surface area contributed by atoms with Crippen LogP contribution < -0.4 is 9.80 Å². The fraction of sp³-hybridized carbons (Fsp3) is 0.290. The number of anilines is 2. The first-order valence-corrected chi connectivity index (χ1v) is 16.1. The van der Waals surface area contributed by atoms with Crippen molar-refractivity contribution in [2.45, 2.75) is 0 Å². The van der Waals surface area contributed by atoms with Gasteiger partial charge in [-0.05, 0) is 35.9 Å². The number of Topliss-reactive ketones (excluding diaryl/α,β-unsaturated/α-hetero) is 1. The molecule has 0 unspecified atom stereocenters. The number of ketones is 1. The number of likely N-dealkylation sites (N-methyl/N-ethyl adjacent to an activating group) is 1. The molecule has 5 rings (SSSR count). The van der Waals surface area contributed by atoms with Crippen molar-refractivity contribution in [3.63, 3.8) is 0 Å². The van der Waals surface area contributed by atoms with Crippen molar-refractivity contribution in [2.75, 3.05) is 71.3 Å². The van der Waals surface area contributed by atoms with Gasteiger partial charge in [-0.15, -0.1) is 10.2 Å². The quantitative estimate of drug-likeness (QED) is 0.0900. The molecule has 1 aliphatic heterocycles. The van der Waals surface area contributed by atoms with Crippen LogP contribution in [0, 0.1) is 22.7 Å². The van der Waals surface area contributed by atoms with Crippen LogP contribution >= 0.6 is 11.3 Å². The Kier molecular flexibility index (Phi) is 10.5. The van der Waals surface area contributed by atoms with E-state index in [2.05, 4.69) is 33.4 Å². The number of carbonyl (C=O) groups is 1. The van der Waals surface area contributed by atoms with Crippen LogP contribution in [0.3, 0.4) is 0 Å². The lowest BCUT2D eigenvalue weighted by molar-refractivity contribution is -0.890. The number of quaternary nitrogens is 1. The molecular formula is C31H32N8O5S2. The van der Waals surface area contributed by atoms with E-state index in [1.165, 1.54) is 11.3 Å². The second-order valence-corrected chi connectivity index (χ2v) is 13.3. The van der Waals surface area contributed by atoms with Gasteiger partial charge < -0.3 is 18.8 Å². The lowest BCUT2D eigenvalue weighted by atomic mass is 9.99. The summed E-state index contributed by atoms with van der Waals surface area (Å²) in [4.78, 5) is 23.3. The van der Waals surface area contributed by atoms with Crippen LogP contribution in [-0.2, 0) is 14.6 Å². The van der Waals surface area contributed by atoms with Crippen molar-refractivity contribution in [1.29, 1.82) is 10.5 Å². The number of rotatable bonds is 6. The van der Waals surface area contributed by atoms with Crippen molar-refractivity contribution in [3.8, 4) is 12.1 Å².